The summed E-state index contributed by atoms with van der Waals surface area (Å²) in [6, 6.07) is 4.69. The number of H-pyrrole nitrogens is 1. The smallest absolute Gasteiger partial charge is 0.242 e. The summed E-state index contributed by atoms with van der Waals surface area (Å²) in [5.41, 5.74) is 1.28. The number of fused-ring (bicyclic) bond motifs is 1. The topological polar surface area (TPSA) is 74.8 Å². The molecule has 0 amide bonds. The molecule has 3 rings (SSSR count). The first-order valence-electron chi connectivity index (χ1n) is 6.43. The standard InChI is InChI=1S/C14H10ClF2N3O2S/c15-10-4-11(16)12(17)5-13(10)23(21,22)20-7-8-6-19-14-9(8)2-1-3-18-14/h1-6,20H,7H2,(H,18,19). The highest BCUT2D eigenvalue weighted by Gasteiger charge is 2.21. The lowest BCUT2D eigenvalue weighted by molar-refractivity contribution is 0.504. The molecule has 0 saturated carbocycles. The lowest BCUT2D eigenvalue weighted by Gasteiger charge is -2.08. The van der Waals surface area contributed by atoms with E-state index >= 15 is 0 Å². The molecule has 9 heteroatoms. The number of benzene rings is 1. The van der Waals surface area contributed by atoms with Crippen molar-refractivity contribution in [3.05, 3.63) is 58.9 Å². The Balaban J connectivity index is 1.89. The number of aromatic nitrogens is 2. The van der Waals surface area contributed by atoms with Gasteiger partial charge in [-0.3, -0.25) is 0 Å². The van der Waals surface area contributed by atoms with Crippen molar-refractivity contribution >= 4 is 32.7 Å². The summed E-state index contributed by atoms with van der Waals surface area (Å²) < 4.78 is 53.1. The highest BCUT2D eigenvalue weighted by atomic mass is 35.5. The van der Waals surface area contributed by atoms with Crippen molar-refractivity contribution in [1.82, 2.24) is 14.7 Å². The van der Waals surface area contributed by atoms with Crippen molar-refractivity contribution < 1.29 is 17.2 Å². The number of nitrogens with zero attached hydrogens (tertiary/aromatic N) is 1. The Morgan fingerprint density at radius 2 is 2.00 bits per heavy atom. The molecule has 3 aromatic rings. The van der Waals surface area contributed by atoms with Gasteiger partial charge in [0.15, 0.2) is 11.6 Å². The van der Waals surface area contributed by atoms with Crippen LogP contribution in [-0.2, 0) is 16.6 Å². The molecule has 2 heterocycles. The van der Waals surface area contributed by atoms with E-state index in [-0.39, 0.29) is 6.54 Å². The largest absolute Gasteiger partial charge is 0.346 e. The second-order valence-electron chi connectivity index (χ2n) is 4.73. The molecule has 0 bridgehead atoms. The Bertz CT molecular complexity index is 989. The van der Waals surface area contributed by atoms with Crippen LogP contribution in [0.25, 0.3) is 11.0 Å². The quantitative estimate of drug-likeness (QED) is 0.705. The maximum absolute atomic E-state index is 13.3. The fraction of sp³-hybridized carbons (Fsp3) is 0.0714. The highest BCUT2D eigenvalue weighted by molar-refractivity contribution is 7.89. The van der Waals surface area contributed by atoms with Crippen LogP contribution in [0.5, 0.6) is 0 Å². The van der Waals surface area contributed by atoms with Crippen molar-refractivity contribution in [1.29, 1.82) is 0 Å². The van der Waals surface area contributed by atoms with E-state index in [2.05, 4.69) is 14.7 Å². The van der Waals surface area contributed by atoms with Gasteiger partial charge in [0, 0.05) is 24.3 Å². The van der Waals surface area contributed by atoms with Crippen LogP contribution >= 0.6 is 11.6 Å². The SMILES string of the molecule is O=S(=O)(NCc1c[nH]c2ncccc12)c1cc(F)c(F)cc1Cl. The van der Waals surface area contributed by atoms with E-state index in [1.807, 2.05) is 0 Å². The van der Waals surface area contributed by atoms with Crippen LogP contribution < -0.4 is 4.72 Å². The second-order valence-corrected chi connectivity index (χ2v) is 6.88. The molecule has 23 heavy (non-hydrogen) atoms. The zero-order valence-corrected chi connectivity index (χ0v) is 13.0. The van der Waals surface area contributed by atoms with E-state index in [4.69, 9.17) is 11.6 Å². The molecule has 2 aromatic heterocycles. The number of aromatic amines is 1. The molecule has 0 aliphatic rings. The maximum Gasteiger partial charge on any atom is 0.242 e. The van der Waals surface area contributed by atoms with Gasteiger partial charge in [0.05, 0.1) is 5.02 Å². The number of nitrogens with one attached hydrogen (secondary N) is 2. The summed E-state index contributed by atoms with van der Waals surface area (Å²) in [5, 5.41) is 0.364. The van der Waals surface area contributed by atoms with E-state index in [1.165, 1.54) is 0 Å². The molecule has 2 N–H and O–H groups in total. The van der Waals surface area contributed by atoms with Crippen molar-refractivity contribution in [3.63, 3.8) is 0 Å². The fourth-order valence-electron chi connectivity index (χ4n) is 2.12. The number of halogens is 3. The van der Waals surface area contributed by atoms with Crippen molar-refractivity contribution in [2.75, 3.05) is 0 Å². The number of sulfonamides is 1. The number of hydrogen-bond donors (Lipinski definition) is 2. The average molecular weight is 358 g/mol. The minimum atomic E-state index is -4.10. The molecular formula is C14H10ClF2N3O2S. The molecule has 0 atom stereocenters. The van der Waals surface area contributed by atoms with Crippen molar-refractivity contribution in [3.8, 4) is 0 Å². The van der Waals surface area contributed by atoms with Gasteiger partial charge < -0.3 is 4.98 Å². The molecule has 0 aliphatic heterocycles. The molecule has 120 valence electrons. The van der Waals surface area contributed by atoms with Gasteiger partial charge in [-0.15, -0.1) is 0 Å². The van der Waals surface area contributed by atoms with Gasteiger partial charge in [0.1, 0.15) is 10.5 Å². The van der Waals surface area contributed by atoms with Gasteiger partial charge in [-0.25, -0.2) is 26.9 Å². The monoisotopic (exact) mass is 357 g/mol. The average Bonchev–Trinajstić information content (AvgIpc) is 2.92. The van der Waals surface area contributed by atoms with Crippen LogP contribution in [-0.4, -0.2) is 18.4 Å². The first-order valence-corrected chi connectivity index (χ1v) is 8.30. The van der Waals surface area contributed by atoms with Crippen LogP contribution in [0.4, 0.5) is 8.78 Å². The number of hydrogen-bond acceptors (Lipinski definition) is 3. The van der Waals surface area contributed by atoms with Gasteiger partial charge in [0.2, 0.25) is 10.0 Å². The molecule has 0 radical (unpaired) electrons. The molecule has 0 saturated heterocycles. The molecule has 0 fully saturated rings. The van der Waals surface area contributed by atoms with Crippen LogP contribution in [0.3, 0.4) is 0 Å². The van der Waals surface area contributed by atoms with Crippen LogP contribution in [0.1, 0.15) is 5.56 Å². The zero-order chi connectivity index (χ0) is 16.6. The fourth-order valence-corrected chi connectivity index (χ4v) is 3.65. The van der Waals surface area contributed by atoms with Crippen LogP contribution in [0.2, 0.25) is 5.02 Å². The first-order chi connectivity index (χ1) is 10.9. The Labute approximate surface area is 135 Å². The molecule has 1 aromatic carbocycles. The first kappa shape index (κ1) is 15.9. The van der Waals surface area contributed by atoms with Crippen LogP contribution in [0, 0.1) is 11.6 Å². The van der Waals surface area contributed by atoms with E-state index in [9.17, 15) is 17.2 Å². The van der Waals surface area contributed by atoms with Crippen molar-refractivity contribution in [2.45, 2.75) is 11.4 Å². The summed E-state index contributed by atoms with van der Waals surface area (Å²) in [4.78, 5) is 6.49. The molecule has 5 nitrogen and oxygen atoms in total. The molecule has 0 spiro atoms. The normalized spacial score (nSPS) is 12.0. The minimum Gasteiger partial charge on any atom is -0.346 e. The maximum atomic E-state index is 13.3. The summed E-state index contributed by atoms with van der Waals surface area (Å²) >= 11 is 5.70. The van der Waals surface area contributed by atoms with E-state index < -0.39 is 31.6 Å². The third-order valence-corrected chi connectivity index (χ3v) is 5.12. The summed E-state index contributed by atoms with van der Waals surface area (Å²) in [6.45, 7) is -0.0522. The minimum absolute atomic E-state index is 0.0522. The van der Waals surface area contributed by atoms with Gasteiger partial charge >= 0.3 is 0 Å². The summed E-state index contributed by atoms with van der Waals surface area (Å²) in [6.07, 6.45) is 3.22. The van der Waals surface area contributed by atoms with E-state index in [0.717, 1.165) is 5.39 Å². The number of rotatable bonds is 4. The predicted molar refractivity (Wildman–Crippen MR) is 81.5 cm³/mol. The highest BCUT2D eigenvalue weighted by Crippen LogP contribution is 2.25. The van der Waals surface area contributed by atoms with Gasteiger partial charge in [-0.2, -0.15) is 0 Å². The van der Waals surface area contributed by atoms with E-state index in [1.54, 1.807) is 24.5 Å². The summed E-state index contributed by atoms with van der Waals surface area (Å²) in [7, 11) is -4.10. The Morgan fingerprint density at radius 1 is 1.26 bits per heavy atom. The Hall–Kier alpha value is -2.03. The van der Waals surface area contributed by atoms with Gasteiger partial charge in [-0.05, 0) is 29.8 Å². The Kier molecular flexibility index (Phi) is 4.05. The lowest BCUT2D eigenvalue weighted by atomic mass is 10.2. The lowest BCUT2D eigenvalue weighted by Crippen LogP contribution is -2.23. The molecule has 0 unspecified atom stereocenters. The third-order valence-electron chi connectivity index (χ3n) is 3.25. The van der Waals surface area contributed by atoms with E-state index in [0.29, 0.717) is 23.3 Å². The van der Waals surface area contributed by atoms with Gasteiger partial charge in [0.25, 0.3) is 0 Å². The van der Waals surface area contributed by atoms with Gasteiger partial charge in [-0.1, -0.05) is 11.6 Å². The second kappa shape index (κ2) is 5.88. The number of pyridine rings is 1. The Morgan fingerprint density at radius 3 is 2.78 bits per heavy atom. The van der Waals surface area contributed by atoms with Crippen molar-refractivity contribution in [2.24, 2.45) is 0 Å². The van der Waals surface area contributed by atoms with Crippen LogP contribution in [0.15, 0.2) is 41.6 Å². The molecule has 0 aliphatic carbocycles. The third kappa shape index (κ3) is 3.05. The summed E-state index contributed by atoms with van der Waals surface area (Å²) in [5.74, 6) is -2.50. The molecular weight excluding hydrogens is 348 g/mol. The predicted octanol–water partition coefficient (Wildman–Crippen LogP) is 2.97. The zero-order valence-electron chi connectivity index (χ0n) is 11.5.